The lowest BCUT2D eigenvalue weighted by Gasteiger charge is -2.31. The SMILES string of the molecule is Cc1cccc(NC(=O)c2cc(N3C(=O)c4ccc(C(=O)O)cc4C3=O)ccc2N2CCCCC2)c1. The number of nitrogens with one attached hydrogen (secondary N) is 1. The molecule has 0 spiro atoms. The number of nitrogens with zero attached hydrogens (tertiary/aromatic N) is 2. The number of imide groups is 1. The lowest BCUT2D eigenvalue weighted by atomic mass is 10.0. The molecular weight excluding hydrogens is 458 g/mol. The molecule has 3 aromatic rings. The van der Waals surface area contributed by atoms with E-state index in [1.54, 1.807) is 24.3 Å². The number of amides is 3. The Labute approximate surface area is 208 Å². The maximum absolute atomic E-state index is 13.5. The van der Waals surface area contributed by atoms with E-state index in [1.807, 2.05) is 25.1 Å². The molecule has 2 aliphatic heterocycles. The van der Waals surface area contributed by atoms with Crippen LogP contribution in [0, 0.1) is 6.92 Å². The summed E-state index contributed by atoms with van der Waals surface area (Å²) in [7, 11) is 0. The van der Waals surface area contributed by atoms with Crippen molar-refractivity contribution in [1.29, 1.82) is 0 Å². The standard InChI is InChI=1S/C28H25N3O5/c1-17-6-5-7-19(14-17)29-25(32)23-16-20(9-11-24(23)30-12-3-2-4-13-30)31-26(33)21-10-8-18(28(35)36)15-22(21)27(31)34/h5-11,14-16H,2-4,12-13H2,1H3,(H,29,32)(H,35,36). The predicted octanol–water partition coefficient (Wildman–Crippen LogP) is 4.74. The number of benzene rings is 3. The smallest absolute Gasteiger partial charge is 0.335 e. The molecule has 0 unspecified atom stereocenters. The van der Waals surface area contributed by atoms with Crippen LogP contribution in [-0.4, -0.2) is 41.9 Å². The molecule has 8 nitrogen and oxygen atoms in total. The van der Waals surface area contributed by atoms with Crippen LogP contribution in [0.4, 0.5) is 17.1 Å². The minimum Gasteiger partial charge on any atom is -0.478 e. The normalized spacial score (nSPS) is 15.1. The van der Waals surface area contributed by atoms with Gasteiger partial charge in [0.25, 0.3) is 17.7 Å². The molecule has 5 rings (SSSR count). The van der Waals surface area contributed by atoms with Gasteiger partial charge in [-0.3, -0.25) is 14.4 Å². The lowest BCUT2D eigenvalue weighted by Crippen LogP contribution is -2.33. The van der Waals surface area contributed by atoms with Gasteiger partial charge < -0.3 is 15.3 Å². The number of piperidine rings is 1. The number of carbonyl (C=O) groups is 4. The molecule has 2 heterocycles. The third-order valence-corrected chi connectivity index (χ3v) is 6.59. The molecule has 1 saturated heterocycles. The second-order valence-electron chi connectivity index (χ2n) is 9.08. The van der Waals surface area contributed by atoms with Crippen molar-refractivity contribution in [2.24, 2.45) is 0 Å². The van der Waals surface area contributed by atoms with Crippen LogP contribution in [-0.2, 0) is 0 Å². The Hall–Kier alpha value is -4.46. The van der Waals surface area contributed by atoms with E-state index in [2.05, 4.69) is 10.2 Å². The van der Waals surface area contributed by atoms with Gasteiger partial charge in [-0.05, 0) is 80.3 Å². The molecule has 2 N–H and O–H groups in total. The average molecular weight is 484 g/mol. The molecule has 36 heavy (non-hydrogen) atoms. The van der Waals surface area contributed by atoms with Crippen LogP contribution in [0.25, 0.3) is 0 Å². The minimum absolute atomic E-state index is 0.0331. The van der Waals surface area contributed by atoms with E-state index in [0.717, 1.165) is 48.5 Å². The van der Waals surface area contributed by atoms with Crippen molar-refractivity contribution in [3.63, 3.8) is 0 Å². The van der Waals surface area contributed by atoms with Gasteiger partial charge in [0.1, 0.15) is 0 Å². The third-order valence-electron chi connectivity index (χ3n) is 6.59. The summed E-state index contributed by atoms with van der Waals surface area (Å²) in [6, 6.07) is 16.3. The van der Waals surface area contributed by atoms with Crippen molar-refractivity contribution in [3.05, 3.63) is 88.5 Å². The molecular formula is C28H25N3O5. The summed E-state index contributed by atoms with van der Waals surface area (Å²) in [5.74, 6) is -2.69. The zero-order valence-electron chi connectivity index (χ0n) is 19.8. The van der Waals surface area contributed by atoms with Crippen molar-refractivity contribution in [3.8, 4) is 0 Å². The van der Waals surface area contributed by atoms with E-state index in [9.17, 15) is 24.3 Å². The second-order valence-corrected chi connectivity index (χ2v) is 9.08. The molecule has 3 amide bonds. The first-order valence-corrected chi connectivity index (χ1v) is 11.9. The van der Waals surface area contributed by atoms with Crippen LogP contribution in [0.3, 0.4) is 0 Å². The summed E-state index contributed by atoms with van der Waals surface area (Å²) in [6.07, 6.45) is 3.17. The molecule has 0 aliphatic carbocycles. The fourth-order valence-corrected chi connectivity index (χ4v) is 4.79. The Kier molecular flexibility index (Phi) is 6.01. The van der Waals surface area contributed by atoms with Crippen molar-refractivity contribution >= 4 is 40.8 Å². The Bertz CT molecular complexity index is 1410. The van der Waals surface area contributed by atoms with E-state index < -0.39 is 17.8 Å². The minimum atomic E-state index is -1.18. The highest BCUT2D eigenvalue weighted by Gasteiger charge is 2.38. The number of aryl methyl sites for hydroxylation is 1. The fourth-order valence-electron chi connectivity index (χ4n) is 4.79. The van der Waals surface area contributed by atoms with E-state index in [1.165, 1.54) is 18.2 Å². The number of fused-ring (bicyclic) bond motifs is 1. The quantitative estimate of drug-likeness (QED) is 0.508. The molecule has 0 saturated carbocycles. The highest BCUT2D eigenvalue weighted by atomic mass is 16.4. The van der Waals surface area contributed by atoms with Crippen LogP contribution >= 0.6 is 0 Å². The van der Waals surface area contributed by atoms with Gasteiger partial charge in [-0.2, -0.15) is 0 Å². The number of carbonyl (C=O) groups excluding carboxylic acids is 3. The van der Waals surface area contributed by atoms with E-state index >= 15 is 0 Å². The summed E-state index contributed by atoms with van der Waals surface area (Å²) in [5, 5.41) is 12.2. The third kappa shape index (κ3) is 4.22. The van der Waals surface area contributed by atoms with Crippen molar-refractivity contribution in [2.45, 2.75) is 26.2 Å². The van der Waals surface area contributed by atoms with Crippen LogP contribution in [0.15, 0.2) is 60.7 Å². The first-order chi connectivity index (χ1) is 17.3. The summed E-state index contributed by atoms with van der Waals surface area (Å²) in [5.41, 5.74) is 3.11. The number of carboxylic acids is 1. The average Bonchev–Trinajstić information content (AvgIpc) is 3.13. The predicted molar refractivity (Wildman–Crippen MR) is 136 cm³/mol. The van der Waals surface area contributed by atoms with E-state index in [-0.39, 0.29) is 28.3 Å². The largest absolute Gasteiger partial charge is 0.478 e. The number of hydrogen-bond donors (Lipinski definition) is 2. The van der Waals surface area contributed by atoms with Gasteiger partial charge in [0, 0.05) is 24.5 Å². The summed E-state index contributed by atoms with van der Waals surface area (Å²) in [6.45, 7) is 3.57. The lowest BCUT2D eigenvalue weighted by molar-refractivity contribution is 0.0696. The fraction of sp³-hybridized carbons (Fsp3) is 0.214. The van der Waals surface area contributed by atoms with Gasteiger partial charge in [-0.15, -0.1) is 0 Å². The molecule has 2 aliphatic rings. The highest BCUT2D eigenvalue weighted by molar-refractivity contribution is 6.35. The monoisotopic (exact) mass is 483 g/mol. The Morgan fingerprint density at radius 3 is 2.33 bits per heavy atom. The zero-order chi connectivity index (χ0) is 25.4. The highest BCUT2D eigenvalue weighted by Crippen LogP contribution is 2.34. The van der Waals surface area contributed by atoms with Crippen LogP contribution < -0.4 is 15.1 Å². The molecule has 0 aromatic heterocycles. The van der Waals surface area contributed by atoms with Gasteiger partial charge in [-0.25, -0.2) is 9.69 Å². The van der Waals surface area contributed by atoms with Gasteiger partial charge in [0.2, 0.25) is 0 Å². The molecule has 0 bridgehead atoms. The number of aromatic carboxylic acids is 1. The first-order valence-electron chi connectivity index (χ1n) is 11.9. The second kappa shape index (κ2) is 9.30. The zero-order valence-corrected chi connectivity index (χ0v) is 19.8. The number of hydrogen-bond acceptors (Lipinski definition) is 5. The summed E-state index contributed by atoms with van der Waals surface area (Å²) >= 11 is 0. The molecule has 0 atom stereocenters. The summed E-state index contributed by atoms with van der Waals surface area (Å²) in [4.78, 5) is 54.3. The van der Waals surface area contributed by atoms with Gasteiger partial charge in [0.05, 0.1) is 27.9 Å². The topological polar surface area (TPSA) is 107 Å². The van der Waals surface area contributed by atoms with Crippen LogP contribution in [0.1, 0.15) is 66.3 Å². The molecule has 1 fully saturated rings. The Balaban J connectivity index is 1.54. The molecule has 3 aromatic carbocycles. The number of rotatable bonds is 5. The Morgan fingerprint density at radius 2 is 1.61 bits per heavy atom. The summed E-state index contributed by atoms with van der Waals surface area (Å²) < 4.78 is 0. The van der Waals surface area contributed by atoms with Gasteiger partial charge in [-0.1, -0.05) is 12.1 Å². The Morgan fingerprint density at radius 1 is 0.861 bits per heavy atom. The van der Waals surface area contributed by atoms with Crippen molar-refractivity contribution in [1.82, 2.24) is 0 Å². The maximum atomic E-state index is 13.5. The first kappa shape index (κ1) is 23.3. The number of anilines is 3. The van der Waals surface area contributed by atoms with Crippen LogP contribution in [0.5, 0.6) is 0 Å². The van der Waals surface area contributed by atoms with Crippen molar-refractivity contribution in [2.75, 3.05) is 28.2 Å². The van der Waals surface area contributed by atoms with E-state index in [4.69, 9.17) is 0 Å². The van der Waals surface area contributed by atoms with Crippen LogP contribution in [0.2, 0.25) is 0 Å². The maximum Gasteiger partial charge on any atom is 0.335 e. The number of carboxylic acid groups (broad SMARTS) is 1. The molecule has 8 heteroatoms. The van der Waals surface area contributed by atoms with Crippen molar-refractivity contribution < 1.29 is 24.3 Å². The van der Waals surface area contributed by atoms with Gasteiger partial charge >= 0.3 is 5.97 Å². The van der Waals surface area contributed by atoms with E-state index in [0.29, 0.717) is 11.3 Å². The van der Waals surface area contributed by atoms with Gasteiger partial charge in [0.15, 0.2) is 0 Å². The molecule has 0 radical (unpaired) electrons. The molecule has 182 valence electrons.